The van der Waals surface area contributed by atoms with Gasteiger partial charge in [0, 0.05) is 29.6 Å². The quantitative estimate of drug-likeness (QED) is 0.253. The first-order chi connectivity index (χ1) is 16.8. The summed E-state index contributed by atoms with van der Waals surface area (Å²) in [4.78, 5) is 66.0. The van der Waals surface area contributed by atoms with Gasteiger partial charge in [0.2, 0.25) is 0 Å². The number of Topliss-reactive ketones (excluding diaryl/α,β-unsaturated/α-hetero) is 2. The van der Waals surface area contributed by atoms with Crippen molar-refractivity contribution in [2.75, 3.05) is 7.11 Å². The van der Waals surface area contributed by atoms with Gasteiger partial charge in [-0.2, -0.15) is 0 Å². The molecule has 1 N–H and O–H groups in total. The van der Waals surface area contributed by atoms with Crippen LogP contribution in [0.2, 0.25) is 0 Å². The van der Waals surface area contributed by atoms with Gasteiger partial charge in [-0.05, 0) is 38.5 Å². The van der Waals surface area contributed by atoms with Crippen molar-refractivity contribution in [3.8, 4) is 0 Å². The van der Waals surface area contributed by atoms with Crippen LogP contribution in [0.1, 0.15) is 67.7 Å². The second-order valence-electron chi connectivity index (χ2n) is 12.8. The number of esters is 3. The molecule has 0 aromatic heterocycles. The fourth-order valence-corrected chi connectivity index (χ4v) is 8.65. The number of fused-ring (bicyclic) bond motifs is 5. The summed E-state index contributed by atoms with van der Waals surface area (Å²) >= 11 is 0. The van der Waals surface area contributed by atoms with Gasteiger partial charge in [-0.15, -0.1) is 0 Å². The van der Waals surface area contributed by atoms with Crippen LogP contribution >= 0.6 is 0 Å². The minimum atomic E-state index is -2.15. The van der Waals surface area contributed by atoms with Crippen LogP contribution < -0.4 is 0 Å². The van der Waals surface area contributed by atoms with Gasteiger partial charge in [-0.1, -0.05) is 39.8 Å². The first-order valence-electron chi connectivity index (χ1n) is 12.8. The first-order valence-corrected chi connectivity index (χ1v) is 12.8. The molecule has 0 aromatic carbocycles. The molecule has 1 saturated heterocycles. The molecule has 9 unspecified atom stereocenters. The summed E-state index contributed by atoms with van der Waals surface area (Å²) < 4.78 is 16.3. The summed E-state index contributed by atoms with van der Waals surface area (Å²) in [6.07, 6.45) is -1.46. The number of methoxy groups -OCH3 is 1. The highest BCUT2D eigenvalue weighted by Crippen LogP contribution is 2.72. The summed E-state index contributed by atoms with van der Waals surface area (Å²) in [6, 6.07) is 0. The number of hydrogen-bond acceptors (Lipinski definition) is 9. The van der Waals surface area contributed by atoms with E-state index in [2.05, 4.69) is 6.58 Å². The molecule has 4 aliphatic rings. The van der Waals surface area contributed by atoms with Crippen LogP contribution in [-0.2, 0) is 38.2 Å². The Morgan fingerprint density at radius 2 is 1.59 bits per heavy atom. The lowest BCUT2D eigenvalue weighted by atomic mass is 9.34. The van der Waals surface area contributed by atoms with Crippen LogP contribution in [0.25, 0.3) is 0 Å². The van der Waals surface area contributed by atoms with Gasteiger partial charge >= 0.3 is 17.9 Å². The van der Waals surface area contributed by atoms with Gasteiger partial charge in [0.25, 0.3) is 5.60 Å². The molecular weight excluding hydrogens is 480 g/mol. The molecule has 1 aliphatic heterocycles. The third-order valence-electron chi connectivity index (χ3n) is 10.8. The Morgan fingerprint density at radius 3 is 2.14 bits per heavy atom. The van der Waals surface area contributed by atoms with Gasteiger partial charge in [0.15, 0.2) is 5.78 Å². The van der Waals surface area contributed by atoms with Crippen LogP contribution in [-0.4, -0.2) is 59.5 Å². The molecular formula is C28H38O9. The molecule has 9 heteroatoms. The molecule has 9 nitrogen and oxygen atoms in total. The lowest BCUT2D eigenvalue weighted by molar-refractivity contribution is -0.263. The Balaban J connectivity index is 1.97. The predicted molar refractivity (Wildman–Crippen MR) is 130 cm³/mol. The third-order valence-corrected chi connectivity index (χ3v) is 10.8. The number of cyclic esters (lactones) is 1. The van der Waals surface area contributed by atoms with Gasteiger partial charge in [0.05, 0.1) is 24.5 Å². The SMILES string of the molecule is C=C1CC2C3(C)C(O)CC(=O)C(C)(C)C3CC(OC(C)=O)C2(C)C2C(=O)OC(C)(C(=O)OC)C(=O)C12C. The molecule has 4 rings (SSSR count). The molecule has 1 heterocycles. The average Bonchev–Trinajstić information content (AvgIpc) is 2.79. The van der Waals surface area contributed by atoms with Crippen molar-refractivity contribution in [3.05, 3.63) is 12.2 Å². The normalized spacial score (nSPS) is 46.7. The Kier molecular flexibility index (Phi) is 5.93. The lowest BCUT2D eigenvalue weighted by Crippen LogP contribution is -2.75. The number of carbonyl (C=O) groups excluding carboxylic acids is 5. The standard InChI is InChI=1S/C28H38O9/c1-13-10-16-26(6)15(24(3,4)17(30)12-18(26)31)11-19(36-14(2)29)27(16,7)20-21(32)37-28(8,23(34)35-9)22(33)25(13,20)5/h15-16,18-20,31H,1,10-12H2,2-9H3. The first kappa shape index (κ1) is 27.5. The van der Waals surface area contributed by atoms with E-state index in [9.17, 15) is 29.1 Å². The number of rotatable bonds is 2. The number of ketones is 2. The fraction of sp³-hybridized carbons (Fsp3) is 0.750. The highest BCUT2D eigenvalue weighted by molar-refractivity contribution is 6.15. The molecule has 0 bridgehead atoms. The topological polar surface area (TPSA) is 133 Å². The van der Waals surface area contributed by atoms with Gasteiger partial charge in [-0.25, -0.2) is 4.79 Å². The van der Waals surface area contributed by atoms with Crippen LogP contribution in [0.3, 0.4) is 0 Å². The number of allylic oxidation sites excluding steroid dienone is 1. The second kappa shape index (κ2) is 7.98. The van der Waals surface area contributed by atoms with E-state index in [-0.39, 0.29) is 31.0 Å². The molecule has 204 valence electrons. The molecule has 3 saturated carbocycles. The monoisotopic (exact) mass is 518 g/mol. The second-order valence-corrected chi connectivity index (χ2v) is 12.8. The van der Waals surface area contributed by atoms with E-state index in [0.29, 0.717) is 5.57 Å². The largest absolute Gasteiger partial charge is 0.466 e. The minimum absolute atomic E-state index is 0.0387. The third kappa shape index (κ3) is 3.15. The van der Waals surface area contributed by atoms with Crippen molar-refractivity contribution >= 4 is 29.5 Å². The predicted octanol–water partition coefficient (Wildman–Crippen LogP) is 2.57. The Labute approximate surface area is 217 Å². The maximum atomic E-state index is 14.0. The number of hydrogen-bond donors (Lipinski definition) is 1. The maximum Gasteiger partial charge on any atom is 0.358 e. The van der Waals surface area contributed by atoms with Crippen LogP contribution in [0.4, 0.5) is 0 Å². The van der Waals surface area contributed by atoms with Crippen molar-refractivity contribution in [1.29, 1.82) is 0 Å². The number of ether oxygens (including phenoxy) is 3. The van der Waals surface area contributed by atoms with Crippen molar-refractivity contribution in [2.24, 2.45) is 39.4 Å². The Bertz CT molecular complexity index is 1120. The zero-order valence-corrected chi connectivity index (χ0v) is 22.9. The van der Waals surface area contributed by atoms with Crippen LogP contribution in [0.5, 0.6) is 0 Å². The molecule has 0 radical (unpaired) electrons. The van der Waals surface area contributed by atoms with Crippen LogP contribution in [0, 0.1) is 39.4 Å². The summed E-state index contributed by atoms with van der Waals surface area (Å²) in [5.41, 5.74) is -6.09. The van der Waals surface area contributed by atoms with E-state index in [4.69, 9.17) is 14.2 Å². The molecule has 0 aromatic rings. The van der Waals surface area contributed by atoms with E-state index in [1.807, 2.05) is 20.8 Å². The fourth-order valence-electron chi connectivity index (χ4n) is 8.65. The van der Waals surface area contributed by atoms with Gasteiger partial charge in [0.1, 0.15) is 11.9 Å². The van der Waals surface area contributed by atoms with Gasteiger partial charge < -0.3 is 19.3 Å². The average molecular weight is 519 g/mol. The van der Waals surface area contributed by atoms with Crippen molar-refractivity contribution in [3.63, 3.8) is 0 Å². The zero-order valence-electron chi connectivity index (χ0n) is 22.9. The Morgan fingerprint density at radius 1 is 1.00 bits per heavy atom. The van der Waals surface area contributed by atoms with E-state index in [0.717, 1.165) is 7.11 Å². The summed E-state index contributed by atoms with van der Waals surface area (Å²) in [5, 5.41) is 11.4. The molecule has 9 atom stereocenters. The van der Waals surface area contributed by atoms with Crippen molar-refractivity contribution in [2.45, 2.75) is 85.5 Å². The number of carbonyl (C=O) groups is 5. The van der Waals surface area contributed by atoms with E-state index < -0.39 is 75.0 Å². The molecule has 4 fully saturated rings. The van der Waals surface area contributed by atoms with Crippen LogP contribution in [0.15, 0.2) is 12.2 Å². The summed E-state index contributed by atoms with van der Waals surface area (Å²) in [6.45, 7) is 15.7. The van der Waals surface area contributed by atoms with E-state index >= 15 is 0 Å². The van der Waals surface area contributed by atoms with E-state index in [1.54, 1.807) is 13.8 Å². The maximum absolute atomic E-state index is 14.0. The smallest absolute Gasteiger partial charge is 0.358 e. The minimum Gasteiger partial charge on any atom is -0.466 e. The number of aliphatic hydroxyl groups is 1. The number of aliphatic hydroxyl groups excluding tert-OH is 1. The summed E-state index contributed by atoms with van der Waals surface area (Å²) in [5.74, 6) is -5.06. The zero-order chi connectivity index (χ0) is 28.1. The van der Waals surface area contributed by atoms with Crippen molar-refractivity contribution < 1.29 is 43.3 Å². The highest BCUT2D eigenvalue weighted by Gasteiger charge is 2.77. The molecule has 37 heavy (non-hydrogen) atoms. The Hall–Kier alpha value is -2.55. The lowest BCUT2D eigenvalue weighted by Gasteiger charge is -2.70. The van der Waals surface area contributed by atoms with Gasteiger partial charge in [-0.3, -0.25) is 19.2 Å². The molecule has 3 aliphatic carbocycles. The molecule has 0 amide bonds. The highest BCUT2D eigenvalue weighted by atomic mass is 16.6. The molecule has 0 spiro atoms. The summed E-state index contributed by atoms with van der Waals surface area (Å²) in [7, 11) is 1.11. The van der Waals surface area contributed by atoms with Crippen molar-refractivity contribution in [1.82, 2.24) is 0 Å². The van der Waals surface area contributed by atoms with E-state index in [1.165, 1.54) is 13.8 Å².